The molecule has 3 aromatic rings. The first-order valence-electron chi connectivity index (χ1n) is 7.01. The van der Waals surface area contributed by atoms with Gasteiger partial charge in [-0.15, -0.1) is 0 Å². The largest absolute Gasteiger partial charge is 0.366 e. The maximum absolute atomic E-state index is 13.2. The van der Waals surface area contributed by atoms with Gasteiger partial charge < -0.3 is 5.32 Å². The van der Waals surface area contributed by atoms with E-state index in [2.05, 4.69) is 10.3 Å². The maximum Gasteiger partial charge on any atom is 0.175 e. The fraction of sp³-hybridized carbons (Fsp3) is 0.118. The molecule has 0 saturated carbocycles. The van der Waals surface area contributed by atoms with Gasteiger partial charge >= 0.3 is 0 Å². The molecule has 6 heteroatoms. The number of aromatic nitrogens is 1. The van der Waals surface area contributed by atoms with Crippen LogP contribution in [-0.4, -0.2) is 19.7 Å². The van der Waals surface area contributed by atoms with Gasteiger partial charge in [-0.05, 0) is 42.0 Å². The van der Waals surface area contributed by atoms with Gasteiger partial charge in [0.1, 0.15) is 11.6 Å². The first kappa shape index (κ1) is 15.4. The molecule has 2 aromatic carbocycles. The number of nitrogens with zero attached hydrogens (tertiary/aromatic N) is 1. The number of hydrogen-bond donors (Lipinski definition) is 1. The summed E-state index contributed by atoms with van der Waals surface area (Å²) in [5, 5.41) is 4.02. The minimum Gasteiger partial charge on any atom is -0.366 e. The second-order valence-corrected chi connectivity index (χ2v) is 7.32. The highest BCUT2D eigenvalue weighted by Crippen LogP contribution is 2.17. The van der Waals surface area contributed by atoms with Crippen molar-refractivity contribution in [1.29, 1.82) is 0 Å². The van der Waals surface area contributed by atoms with Gasteiger partial charge in [-0.25, -0.2) is 17.8 Å². The monoisotopic (exact) mass is 330 g/mol. The van der Waals surface area contributed by atoms with E-state index in [-0.39, 0.29) is 5.82 Å². The van der Waals surface area contributed by atoms with E-state index in [0.29, 0.717) is 22.8 Å². The molecule has 0 aliphatic rings. The minimum absolute atomic E-state index is 0.292. The van der Waals surface area contributed by atoms with Crippen LogP contribution in [0.3, 0.4) is 0 Å². The summed E-state index contributed by atoms with van der Waals surface area (Å²) in [7, 11) is -3.18. The Morgan fingerprint density at radius 1 is 1.04 bits per heavy atom. The Labute approximate surface area is 133 Å². The van der Waals surface area contributed by atoms with Gasteiger partial charge in [-0.1, -0.05) is 12.1 Å². The molecule has 23 heavy (non-hydrogen) atoms. The molecule has 0 unspecified atom stereocenters. The quantitative estimate of drug-likeness (QED) is 0.796. The summed E-state index contributed by atoms with van der Waals surface area (Å²) in [5.74, 6) is 0.314. The molecule has 0 atom stereocenters. The van der Waals surface area contributed by atoms with E-state index >= 15 is 0 Å². The van der Waals surface area contributed by atoms with Crippen LogP contribution in [0.2, 0.25) is 0 Å². The molecular formula is C17H15FN2O2S. The van der Waals surface area contributed by atoms with Gasteiger partial charge in [0, 0.05) is 24.3 Å². The topological polar surface area (TPSA) is 59.1 Å². The third-order valence-corrected chi connectivity index (χ3v) is 4.61. The molecule has 1 N–H and O–H groups in total. The zero-order valence-electron chi connectivity index (χ0n) is 12.5. The van der Waals surface area contributed by atoms with Crippen molar-refractivity contribution >= 4 is 26.6 Å². The van der Waals surface area contributed by atoms with E-state index in [1.807, 2.05) is 12.1 Å². The van der Waals surface area contributed by atoms with Gasteiger partial charge in [0.05, 0.1) is 10.4 Å². The molecule has 0 amide bonds. The average molecular weight is 330 g/mol. The predicted molar refractivity (Wildman–Crippen MR) is 88.6 cm³/mol. The van der Waals surface area contributed by atoms with Crippen molar-refractivity contribution in [2.24, 2.45) is 0 Å². The maximum atomic E-state index is 13.2. The first-order valence-corrected chi connectivity index (χ1v) is 8.90. The van der Waals surface area contributed by atoms with Crippen molar-refractivity contribution in [3.8, 4) is 0 Å². The fourth-order valence-corrected chi connectivity index (χ4v) is 2.87. The summed E-state index contributed by atoms with van der Waals surface area (Å²) in [6.45, 7) is 0.498. The average Bonchev–Trinajstić information content (AvgIpc) is 2.52. The van der Waals surface area contributed by atoms with Crippen molar-refractivity contribution < 1.29 is 12.8 Å². The Morgan fingerprint density at radius 3 is 2.43 bits per heavy atom. The lowest BCUT2D eigenvalue weighted by atomic mass is 10.2. The van der Waals surface area contributed by atoms with Crippen LogP contribution >= 0.6 is 0 Å². The summed E-state index contributed by atoms with van der Waals surface area (Å²) in [4.78, 5) is 4.65. The lowest BCUT2D eigenvalue weighted by Crippen LogP contribution is -2.02. The van der Waals surface area contributed by atoms with E-state index in [9.17, 15) is 12.8 Å². The highest BCUT2D eigenvalue weighted by molar-refractivity contribution is 7.90. The second kappa shape index (κ2) is 5.96. The molecule has 3 rings (SSSR count). The lowest BCUT2D eigenvalue weighted by molar-refractivity contribution is 0.602. The summed E-state index contributed by atoms with van der Waals surface area (Å²) in [6.07, 6.45) is 1.18. The molecule has 0 aliphatic heterocycles. The Kier molecular flexibility index (Phi) is 4.00. The standard InChI is InChI=1S/C17H15FN2O2S/c1-23(21,22)15-7-2-12(3-8-15)11-19-17-9-5-13-4-6-14(18)10-16(13)20-17/h2-10H,11H2,1H3,(H,19,20). The number of hydrogen-bond acceptors (Lipinski definition) is 4. The lowest BCUT2D eigenvalue weighted by Gasteiger charge is -2.07. The molecule has 0 aliphatic carbocycles. The summed E-state index contributed by atoms with van der Waals surface area (Å²) in [6, 6.07) is 14.8. The molecule has 4 nitrogen and oxygen atoms in total. The van der Waals surface area contributed by atoms with Crippen LogP contribution in [0.5, 0.6) is 0 Å². The molecular weight excluding hydrogens is 315 g/mol. The Morgan fingerprint density at radius 2 is 1.74 bits per heavy atom. The number of pyridine rings is 1. The van der Waals surface area contributed by atoms with Gasteiger partial charge in [0.25, 0.3) is 0 Å². The van der Waals surface area contributed by atoms with Crippen molar-refractivity contribution in [1.82, 2.24) is 4.98 Å². The highest BCUT2D eigenvalue weighted by atomic mass is 32.2. The fourth-order valence-electron chi connectivity index (χ4n) is 2.24. The van der Waals surface area contributed by atoms with Crippen LogP contribution in [0.1, 0.15) is 5.56 Å². The number of fused-ring (bicyclic) bond motifs is 1. The third kappa shape index (κ3) is 3.65. The molecule has 0 saturated heterocycles. The predicted octanol–water partition coefficient (Wildman–Crippen LogP) is 3.39. The van der Waals surface area contributed by atoms with Gasteiger partial charge in [0.2, 0.25) is 0 Å². The Balaban J connectivity index is 1.75. The molecule has 0 fully saturated rings. The van der Waals surface area contributed by atoms with E-state index < -0.39 is 9.84 Å². The van der Waals surface area contributed by atoms with Crippen molar-refractivity contribution in [2.75, 3.05) is 11.6 Å². The molecule has 0 spiro atoms. The third-order valence-electron chi connectivity index (χ3n) is 3.48. The summed E-state index contributed by atoms with van der Waals surface area (Å²) in [5.41, 5.74) is 1.51. The number of sulfone groups is 1. The minimum atomic E-state index is -3.18. The van der Waals surface area contributed by atoms with Crippen LogP contribution in [0.4, 0.5) is 10.2 Å². The number of nitrogens with one attached hydrogen (secondary N) is 1. The molecule has 118 valence electrons. The molecule has 0 bridgehead atoms. The Bertz CT molecular complexity index is 954. The van der Waals surface area contributed by atoms with E-state index in [4.69, 9.17) is 0 Å². The number of rotatable bonds is 4. The van der Waals surface area contributed by atoms with E-state index in [1.54, 1.807) is 30.3 Å². The van der Waals surface area contributed by atoms with Crippen molar-refractivity contribution in [3.63, 3.8) is 0 Å². The van der Waals surface area contributed by atoms with Gasteiger partial charge in [-0.2, -0.15) is 0 Å². The molecule has 1 heterocycles. The number of benzene rings is 2. The zero-order valence-corrected chi connectivity index (χ0v) is 13.3. The van der Waals surface area contributed by atoms with Gasteiger partial charge in [0.15, 0.2) is 9.84 Å². The number of anilines is 1. The van der Waals surface area contributed by atoms with E-state index in [1.165, 1.54) is 18.4 Å². The smallest absolute Gasteiger partial charge is 0.175 e. The first-order chi connectivity index (χ1) is 10.9. The molecule has 1 aromatic heterocycles. The van der Waals surface area contributed by atoms with Crippen LogP contribution in [-0.2, 0) is 16.4 Å². The van der Waals surface area contributed by atoms with E-state index in [0.717, 1.165) is 10.9 Å². The second-order valence-electron chi connectivity index (χ2n) is 5.30. The summed E-state index contributed by atoms with van der Waals surface area (Å²) >= 11 is 0. The van der Waals surface area contributed by atoms with Crippen LogP contribution in [0.15, 0.2) is 59.5 Å². The molecule has 0 radical (unpaired) electrons. The Hall–Kier alpha value is -2.47. The summed E-state index contributed by atoms with van der Waals surface area (Å²) < 4.78 is 36.1. The zero-order chi connectivity index (χ0) is 16.4. The highest BCUT2D eigenvalue weighted by Gasteiger charge is 2.06. The van der Waals surface area contributed by atoms with Crippen molar-refractivity contribution in [2.45, 2.75) is 11.4 Å². The van der Waals surface area contributed by atoms with Crippen LogP contribution in [0, 0.1) is 5.82 Å². The van der Waals surface area contributed by atoms with Crippen molar-refractivity contribution in [3.05, 3.63) is 66.0 Å². The van der Waals surface area contributed by atoms with Gasteiger partial charge in [-0.3, -0.25) is 0 Å². The van der Waals surface area contributed by atoms with Crippen LogP contribution in [0.25, 0.3) is 10.9 Å². The normalized spacial score (nSPS) is 11.6. The SMILES string of the molecule is CS(=O)(=O)c1ccc(CNc2ccc3ccc(F)cc3n2)cc1. The number of halogens is 1. The van der Waals surface area contributed by atoms with Crippen LogP contribution < -0.4 is 5.32 Å².